The van der Waals surface area contributed by atoms with Crippen molar-refractivity contribution < 1.29 is 4.79 Å². The third kappa shape index (κ3) is 3.37. The van der Waals surface area contributed by atoms with Crippen molar-refractivity contribution in [3.05, 3.63) is 54.4 Å². The third-order valence-corrected chi connectivity index (χ3v) is 4.15. The van der Waals surface area contributed by atoms with Crippen LogP contribution in [0.1, 0.15) is 12.5 Å². The number of carbonyl (C=O) groups is 1. The van der Waals surface area contributed by atoms with E-state index >= 15 is 0 Å². The molecular formula is C19H19N7O. The fourth-order valence-corrected chi connectivity index (χ4v) is 2.93. The average molecular weight is 361 g/mol. The summed E-state index contributed by atoms with van der Waals surface area (Å²) in [6, 6.07) is 11.5. The zero-order valence-electron chi connectivity index (χ0n) is 15.3. The number of rotatable bonds is 4. The van der Waals surface area contributed by atoms with E-state index in [0.29, 0.717) is 5.95 Å². The maximum Gasteiger partial charge on any atom is 0.247 e. The predicted octanol–water partition coefficient (Wildman–Crippen LogP) is 3.14. The molecule has 1 amide bonds. The summed E-state index contributed by atoms with van der Waals surface area (Å²) >= 11 is 0. The third-order valence-electron chi connectivity index (χ3n) is 4.15. The van der Waals surface area contributed by atoms with E-state index in [4.69, 9.17) is 0 Å². The van der Waals surface area contributed by atoms with Crippen LogP contribution in [-0.2, 0) is 11.8 Å². The molecule has 0 bridgehead atoms. The Labute approximate surface area is 155 Å². The minimum atomic E-state index is -0.0937. The Bertz CT molecular complexity index is 1140. The Hall–Kier alpha value is -3.68. The second-order valence-corrected chi connectivity index (χ2v) is 6.36. The molecule has 0 saturated carbocycles. The summed E-state index contributed by atoms with van der Waals surface area (Å²) in [5.41, 5.74) is 5.21. The molecule has 3 heterocycles. The van der Waals surface area contributed by atoms with Gasteiger partial charge in [-0.3, -0.25) is 9.48 Å². The van der Waals surface area contributed by atoms with Crippen molar-refractivity contribution in [1.29, 1.82) is 0 Å². The van der Waals surface area contributed by atoms with Crippen molar-refractivity contribution in [3.8, 4) is 11.3 Å². The highest BCUT2D eigenvalue weighted by Gasteiger charge is 2.11. The number of hydrogen-bond acceptors (Lipinski definition) is 5. The Kier molecular flexibility index (Phi) is 4.08. The highest BCUT2D eigenvalue weighted by Crippen LogP contribution is 2.24. The molecule has 0 saturated heterocycles. The maximum absolute atomic E-state index is 11.2. The second kappa shape index (κ2) is 6.56. The van der Waals surface area contributed by atoms with Gasteiger partial charge >= 0.3 is 0 Å². The number of carbonyl (C=O) groups excluding carboxylic acids is 1. The molecule has 1 aromatic carbocycles. The zero-order chi connectivity index (χ0) is 19.0. The first kappa shape index (κ1) is 16.8. The first-order chi connectivity index (χ1) is 13.0. The number of benzene rings is 1. The van der Waals surface area contributed by atoms with Gasteiger partial charge in [-0.1, -0.05) is 6.07 Å². The van der Waals surface area contributed by atoms with Crippen molar-refractivity contribution in [2.24, 2.45) is 7.05 Å². The van der Waals surface area contributed by atoms with Gasteiger partial charge in [0.25, 0.3) is 0 Å². The van der Waals surface area contributed by atoms with E-state index in [-0.39, 0.29) is 5.91 Å². The van der Waals surface area contributed by atoms with E-state index in [0.717, 1.165) is 33.8 Å². The van der Waals surface area contributed by atoms with E-state index < -0.39 is 0 Å². The van der Waals surface area contributed by atoms with Gasteiger partial charge in [0.2, 0.25) is 11.9 Å². The summed E-state index contributed by atoms with van der Waals surface area (Å²) in [5, 5.41) is 14.8. The molecule has 0 aliphatic heterocycles. The molecule has 8 nitrogen and oxygen atoms in total. The van der Waals surface area contributed by atoms with Gasteiger partial charge < -0.3 is 10.6 Å². The highest BCUT2D eigenvalue weighted by atomic mass is 16.1. The molecule has 0 atom stereocenters. The first-order valence-corrected chi connectivity index (χ1v) is 8.50. The van der Waals surface area contributed by atoms with Crippen molar-refractivity contribution >= 4 is 28.9 Å². The van der Waals surface area contributed by atoms with E-state index in [2.05, 4.69) is 25.8 Å². The summed E-state index contributed by atoms with van der Waals surface area (Å²) in [6.45, 7) is 3.43. The number of amides is 1. The molecule has 4 rings (SSSR count). The highest BCUT2D eigenvalue weighted by molar-refractivity contribution is 5.89. The Morgan fingerprint density at radius 3 is 2.74 bits per heavy atom. The van der Waals surface area contributed by atoms with E-state index in [1.54, 1.807) is 15.4 Å². The van der Waals surface area contributed by atoms with Gasteiger partial charge in [0.05, 0.1) is 11.9 Å². The largest absolute Gasteiger partial charge is 0.326 e. The Morgan fingerprint density at radius 1 is 1.19 bits per heavy atom. The monoisotopic (exact) mass is 361 g/mol. The lowest BCUT2D eigenvalue weighted by atomic mass is 10.2. The normalized spacial score (nSPS) is 10.9. The van der Waals surface area contributed by atoms with Crippen molar-refractivity contribution in [3.63, 3.8) is 0 Å². The Morgan fingerprint density at radius 2 is 2.04 bits per heavy atom. The molecule has 4 aromatic rings. The molecule has 0 radical (unpaired) electrons. The van der Waals surface area contributed by atoms with Gasteiger partial charge in [0.15, 0.2) is 5.65 Å². The lowest BCUT2D eigenvalue weighted by molar-refractivity contribution is -0.114. The molecule has 0 unspecified atom stereocenters. The summed E-state index contributed by atoms with van der Waals surface area (Å²) in [5.74, 6) is 0.404. The Balaban J connectivity index is 1.65. The molecule has 136 valence electrons. The number of fused-ring (bicyclic) bond motifs is 1. The van der Waals surface area contributed by atoms with Crippen LogP contribution in [0, 0.1) is 6.92 Å². The number of anilines is 3. The van der Waals surface area contributed by atoms with Crippen LogP contribution in [0.15, 0.2) is 48.8 Å². The summed E-state index contributed by atoms with van der Waals surface area (Å²) in [4.78, 5) is 15.8. The topological polar surface area (TPSA) is 89.1 Å². The lowest BCUT2D eigenvalue weighted by Crippen LogP contribution is -2.07. The van der Waals surface area contributed by atoms with Crippen LogP contribution in [0.3, 0.4) is 0 Å². The number of pyridine rings is 1. The summed E-state index contributed by atoms with van der Waals surface area (Å²) < 4.78 is 3.54. The van der Waals surface area contributed by atoms with E-state index in [9.17, 15) is 4.79 Å². The minimum absolute atomic E-state index is 0.0937. The summed E-state index contributed by atoms with van der Waals surface area (Å²) in [7, 11) is 1.88. The van der Waals surface area contributed by atoms with Gasteiger partial charge in [-0.2, -0.15) is 10.1 Å². The molecule has 27 heavy (non-hydrogen) atoms. The molecule has 8 heteroatoms. The smallest absolute Gasteiger partial charge is 0.247 e. The van der Waals surface area contributed by atoms with Crippen LogP contribution in [0.4, 0.5) is 17.3 Å². The molecule has 0 aliphatic carbocycles. The number of aromatic nitrogens is 5. The van der Waals surface area contributed by atoms with Crippen LogP contribution in [0.2, 0.25) is 0 Å². The predicted molar refractivity (Wildman–Crippen MR) is 104 cm³/mol. The number of hydrogen-bond donors (Lipinski definition) is 2. The van der Waals surface area contributed by atoms with Gasteiger partial charge in [-0.15, -0.1) is 5.10 Å². The minimum Gasteiger partial charge on any atom is -0.326 e. The maximum atomic E-state index is 11.2. The van der Waals surface area contributed by atoms with Gasteiger partial charge in [-0.05, 0) is 42.8 Å². The molecule has 0 aliphatic rings. The standard InChI is InChI=1S/C19H19N7O/c1-12-9-15(7-8-16(12)21-13(2)27)22-19-23-18-6-4-5-17(26(18)24-19)14-10-20-25(3)11-14/h4-11H,1-3H3,(H,21,27)(H,22,24). The zero-order valence-corrected chi connectivity index (χ0v) is 15.3. The molecule has 3 aromatic heterocycles. The lowest BCUT2D eigenvalue weighted by Gasteiger charge is -2.09. The van der Waals surface area contributed by atoms with Crippen molar-refractivity contribution in [2.75, 3.05) is 10.6 Å². The first-order valence-electron chi connectivity index (χ1n) is 8.50. The average Bonchev–Trinajstić information content (AvgIpc) is 3.22. The van der Waals surface area contributed by atoms with Crippen LogP contribution >= 0.6 is 0 Å². The quantitative estimate of drug-likeness (QED) is 0.583. The fraction of sp³-hybridized carbons (Fsp3) is 0.158. The number of nitrogens with one attached hydrogen (secondary N) is 2. The second-order valence-electron chi connectivity index (χ2n) is 6.36. The van der Waals surface area contributed by atoms with Gasteiger partial charge in [0, 0.05) is 37.1 Å². The SMILES string of the molecule is CC(=O)Nc1ccc(Nc2nc3cccc(-c4cnn(C)c4)n3n2)cc1C. The molecular weight excluding hydrogens is 342 g/mol. The van der Waals surface area contributed by atoms with E-state index in [1.165, 1.54) is 6.92 Å². The van der Waals surface area contributed by atoms with Crippen LogP contribution in [0.25, 0.3) is 16.9 Å². The van der Waals surface area contributed by atoms with Crippen LogP contribution < -0.4 is 10.6 Å². The molecule has 2 N–H and O–H groups in total. The number of nitrogens with zero attached hydrogens (tertiary/aromatic N) is 5. The van der Waals surface area contributed by atoms with Crippen LogP contribution in [0.5, 0.6) is 0 Å². The van der Waals surface area contributed by atoms with Gasteiger partial charge in [-0.25, -0.2) is 4.52 Å². The fourth-order valence-electron chi connectivity index (χ4n) is 2.93. The number of aryl methyl sites for hydroxylation is 2. The van der Waals surface area contributed by atoms with Crippen molar-refractivity contribution in [1.82, 2.24) is 24.4 Å². The summed E-state index contributed by atoms with van der Waals surface area (Å²) in [6.07, 6.45) is 3.74. The molecule has 0 spiro atoms. The van der Waals surface area contributed by atoms with E-state index in [1.807, 2.05) is 56.6 Å². The van der Waals surface area contributed by atoms with Crippen molar-refractivity contribution in [2.45, 2.75) is 13.8 Å². The van der Waals surface area contributed by atoms with Gasteiger partial charge in [0.1, 0.15) is 0 Å². The van der Waals surface area contributed by atoms with Crippen LogP contribution in [-0.4, -0.2) is 30.3 Å². The molecule has 0 fully saturated rings.